The molecule has 1 amide bonds. The molecule has 0 aliphatic carbocycles. The van der Waals surface area contributed by atoms with Crippen LogP contribution in [-0.4, -0.2) is 10.9 Å². The number of carbonyl (C=O) groups is 1. The average Bonchev–Trinajstić information content (AvgIpc) is 2.46. The Bertz CT molecular complexity index is 809. The number of primary amides is 1. The van der Waals surface area contributed by atoms with Gasteiger partial charge in [0.1, 0.15) is 5.69 Å². The summed E-state index contributed by atoms with van der Waals surface area (Å²) in [6.07, 6.45) is 1.61. The molecule has 0 radical (unpaired) electrons. The standard InChI is InChI=1S/C17H14N2O/c1-11-4-2-3-5-14(11)13-7-6-12-8-9-19-16(17(18)20)15(12)10-13/h2-10H,1H3,(H2,18,20). The number of nitrogens with zero attached hydrogens (tertiary/aromatic N) is 1. The fourth-order valence-corrected chi connectivity index (χ4v) is 2.43. The van der Waals surface area contributed by atoms with Gasteiger partial charge >= 0.3 is 0 Å². The van der Waals surface area contributed by atoms with Crippen LogP contribution in [0.25, 0.3) is 21.9 Å². The molecule has 0 fully saturated rings. The van der Waals surface area contributed by atoms with Gasteiger partial charge in [0, 0.05) is 11.6 Å². The molecule has 20 heavy (non-hydrogen) atoms. The molecular weight excluding hydrogens is 248 g/mol. The summed E-state index contributed by atoms with van der Waals surface area (Å²) >= 11 is 0. The smallest absolute Gasteiger partial charge is 0.267 e. The molecule has 2 N–H and O–H groups in total. The van der Waals surface area contributed by atoms with Gasteiger partial charge in [0.2, 0.25) is 0 Å². The largest absolute Gasteiger partial charge is 0.364 e. The molecule has 3 heteroatoms. The van der Waals surface area contributed by atoms with Crippen molar-refractivity contribution < 1.29 is 4.79 Å². The topological polar surface area (TPSA) is 56.0 Å². The van der Waals surface area contributed by atoms with E-state index in [4.69, 9.17) is 5.73 Å². The highest BCUT2D eigenvalue weighted by Gasteiger charge is 2.09. The predicted octanol–water partition coefficient (Wildman–Crippen LogP) is 3.31. The van der Waals surface area contributed by atoms with Crippen molar-refractivity contribution in [2.75, 3.05) is 0 Å². The lowest BCUT2D eigenvalue weighted by Gasteiger charge is -2.08. The second kappa shape index (κ2) is 4.78. The van der Waals surface area contributed by atoms with E-state index >= 15 is 0 Å². The zero-order valence-corrected chi connectivity index (χ0v) is 11.1. The van der Waals surface area contributed by atoms with Gasteiger partial charge in [0.15, 0.2) is 0 Å². The number of benzene rings is 2. The molecule has 98 valence electrons. The molecule has 0 bridgehead atoms. The van der Waals surface area contributed by atoms with E-state index in [1.54, 1.807) is 6.20 Å². The Kier molecular flexibility index (Phi) is 2.95. The maximum absolute atomic E-state index is 11.5. The normalized spacial score (nSPS) is 10.7. The summed E-state index contributed by atoms with van der Waals surface area (Å²) in [5, 5.41) is 1.76. The molecule has 0 spiro atoms. The summed E-state index contributed by atoms with van der Waals surface area (Å²) in [6.45, 7) is 2.07. The number of hydrogen-bond acceptors (Lipinski definition) is 2. The number of nitrogens with two attached hydrogens (primary N) is 1. The van der Waals surface area contributed by atoms with E-state index < -0.39 is 5.91 Å². The summed E-state index contributed by atoms with van der Waals surface area (Å²) in [5.74, 6) is -0.502. The van der Waals surface area contributed by atoms with Crippen molar-refractivity contribution in [2.45, 2.75) is 6.92 Å². The van der Waals surface area contributed by atoms with Crippen molar-refractivity contribution in [3.05, 3.63) is 66.0 Å². The van der Waals surface area contributed by atoms with E-state index in [-0.39, 0.29) is 0 Å². The summed E-state index contributed by atoms with van der Waals surface area (Å²) in [5.41, 5.74) is 9.11. The van der Waals surface area contributed by atoms with Gasteiger partial charge in [-0.2, -0.15) is 0 Å². The van der Waals surface area contributed by atoms with Crippen molar-refractivity contribution in [3.8, 4) is 11.1 Å². The molecule has 3 rings (SSSR count). The van der Waals surface area contributed by atoms with Crippen LogP contribution in [0.15, 0.2) is 54.7 Å². The summed E-state index contributed by atoms with van der Waals surface area (Å²) in [4.78, 5) is 15.6. The minimum absolute atomic E-state index is 0.318. The molecule has 2 aromatic carbocycles. The van der Waals surface area contributed by atoms with Crippen LogP contribution in [0, 0.1) is 6.92 Å². The minimum Gasteiger partial charge on any atom is -0.364 e. The summed E-state index contributed by atoms with van der Waals surface area (Å²) in [7, 11) is 0. The van der Waals surface area contributed by atoms with Crippen LogP contribution in [-0.2, 0) is 0 Å². The molecule has 0 saturated carbocycles. The van der Waals surface area contributed by atoms with Crippen LogP contribution in [0.5, 0.6) is 0 Å². The first-order valence-corrected chi connectivity index (χ1v) is 6.41. The molecule has 3 aromatic rings. The fourth-order valence-electron chi connectivity index (χ4n) is 2.43. The Morgan fingerprint density at radius 3 is 2.65 bits per heavy atom. The lowest BCUT2D eigenvalue weighted by Crippen LogP contribution is -2.13. The van der Waals surface area contributed by atoms with Gasteiger partial charge < -0.3 is 5.73 Å². The highest BCUT2D eigenvalue weighted by Crippen LogP contribution is 2.27. The second-order valence-electron chi connectivity index (χ2n) is 4.77. The maximum atomic E-state index is 11.5. The van der Waals surface area contributed by atoms with Crippen molar-refractivity contribution >= 4 is 16.7 Å². The van der Waals surface area contributed by atoms with E-state index in [1.165, 1.54) is 5.56 Å². The van der Waals surface area contributed by atoms with Gasteiger partial charge in [-0.05, 0) is 41.1 Å². The van der Waals surface area contributed by atoms with Crippen molar-refractivity contribution in [2.24, 2.45) is 5.73 Å². The van der Waals surface area contributed by atoms with Crippen molar-refractivity contribution in [1.29, 1.82) is 0 Å². The number of carbonyl (C=O) groups excluding carboxylic acids is 1. The third kappa shape index (κ3) is 2.03. The number of aromatic nitrogens is 1. The van der Waals surface area contributed by atoms with Gasteiger partial charge in [-0.25, -0.2) is 0 Å². The van der Waals surface area contributed by atoms with Crippen molar-refractivity contribution in [1.82, 2.24) is 4.98 Å². The van der Waals surface area contributed by atoms with Gasteiger partial charge in [0.05, 0.1) is 0 Å². The first-order chi connectivity index (χ1) is 9.66. The Balaban J connectivity index is 2.27. The van der Waals surface area contributed by atoms with E-state index in [0.717, 1.165) is 21.9 Å². The summed E-state index contributed by atoms with van der Waals surface area (Å²) in [6, 6.07) is 16.0. The predicted molar refractivity (Wildman–Crippen MR) is 80.4 cm³/mol. The molecule has 1 aromatic heterocycles. The molecule has 0 aliphatic heterocycles. The number of rotatable bonds is 2. The Labute approximate surface area is 117 Å². The van der Waals surface area contributed by atoms with E-state index in [9.17, 15) is 4.79 Å². The van der Waals surface area contributed by atoms with Crippen LogP contribution in [0.4, 0.5) is 0 Å². The van der Waals surface area contributed by atoms with Crippen LogP contribution in [0.2, 0.25) is 0 Å². The fraction of sp³-hybridized carbons (Fsp3) is 0.0588. The molecule has 0 aliphatic rings. The molecule has 1 heterocycles. The Morgan fingerprint density at radius 1 is 1.10 bits per heavy atom. The van der Waals surface area contributed by atoms with E-state index in [1.807, 2.05) is 30.3 Å². The van der Waals surface area contributed by atoms with Gasteiger partial charge in [-0.15, -0.1) is 0 Å². The number of amides is 1. The molecular formula is C17H14N2O. The average molecular weight is 262 g/mol. The van der Waals surface area contributed by atoms with E-state index in [2.05, 4.69) is 30.1 Å². The SMILES string of the molecule is Cc1ccccc1-c1ccc2ccnc(C(N)=O)c2c1. The third-order valence-corrected chi connectivity index (χ3v) is 3.46. The molecule has 3 nitrogen and oxygen atoms in total. The van der Waals surface area contributed by atoms with Gasteiger partial charge in [-0.1, -0.05) is 36.4 Å². The second-order valence-corrected chi connectivity index (χ2v) is 4.77. The minimum atomic E-state index is -0.502. The zero-order chi connectivity index (χ0) is 14.1. The van der Waals surface area contributed by atoms with E-state index in [0.29, 0.717) is 5.69 Å². The van der Waals surface area contributed by atoms with Crippen LogP contribution >= 0.6 is 0 Å². The van der Waals surface area contributed by atoms with Crippen molar-refractivity contribution in [3.63, 3.8) is 0 Å². The number of aryl methyl sites for hydroxylation is 1. The van der Waals surface area contributed by atoms with Crippen LogP contribution in [0.3, 0.4) is 0 Å². The molecule has 0 unspecified atom stereocenters. The lowest BCUT2D eigenvalue weighted by atomic mass is 9.97. The summed E-state index contributed by atoms with van der Waals surface area (Å²) < 4.78 is 0. The molecule has 0 atom stereocenters. The van der Waals surface area contributed by atoms with Crippen LogP contribution in [0.1, 0.15) is 16.1 Å². The third-order valence-electron chi connectivity index (χ3n) is 3.46. The first kappa shape index (κ1) is 12.4. The maximum Gasteiger partial charge on any atom is 0.267 e. The number of pyridine rings is 1. The van der Waals surface area contributed by atoms with Gasteiger partial charge in [-0.3, -0.25) is 9.78 Å². The lowest BCUT2D eigenvalue weighted by molar-refractivity contribution is 0.0997. The molecule has 0 saturated heterocycles. The Morgan fingerprint density at radius 2 is 1.90 bits per heavy atom. The number of hydrogen-bond donors (Lipinski definition) is 1. The first-order valence-electron chi connectivity index (χ1n) is 6.41. The Hall–Kier alpha value is -2.68. The van der Waals surface area contributed by atoms with Gasteiger partial charge in [0.25, 0.3) is 5.91 Å². The number of fused-ring (bicyclic) bond motifs is 1. The van der Waals surface area contributed by atoms with Crippen LogP contribution < -0.4 is 5.73 Å². The quantitative estimate of drug-likeness (QED) is 0.770. The highest BCUT2D eigenvalue weighted by atomic mass is 16.1. The zero-order valence-electron chi connectivity index (χ0n) is 11.1. The monoisotopic (exact) mass is 262 g/mol. The highest BCUT2D eigenvalue weighted by molar-refractivity contribution is 6.05.